The maximum atomic E-state index is 13.6. The largest absolute Gasteiger partial charge is 0.494 e. The van der Waals surface area contributed by atoms with E-state index >= 15 is 0 Å². The number of hydrogen-bond acceptors (Lipinski definition) is 5. The minimum Gasteiger partial charge on any atom is -0.494 e. The summed E-state index contributed by atoms with van der Waals surface area (Å²) >= 11 is 0. The molecule has 5 nitrogen and oxygen atoms in total. The Morgan fingerprint density at radius 3 is 2.62 bits per heavy atom. The van der Waals surface area contributed by atoms with Gasteiger partial charge in [-0.3, -0.25) is 4.79 Å². The van der Waals surface area contributed by atoms with Crippen LogP contribution in [-0.2, 0) is 22.4 Å². The lowest BCUT2D eigenvalue weighted by Gasteiger charge is -2.09. The highest BCUT2D eigenvalue weighted by molar-refractivity contribution is 5.98. The molecule has 6 heteroatoms. The van der Waals surface area contributed by atoms with Crippen LogP contribution in [0.1, 0.15) is 27.9 Å². The van der Waals surface area contributed by atoms with Crippen LogP contribution in [0.2, 0.25) is 0 Å². The van der Waals surface area contributed by atoms with E-state index in [0.29, 0.717) is 5.75 Å². The van der Waals surface area contributed by atoms with Crippen molar-refractivity contribution in [3.8, 4) is 11.5 Å². The van der Waals surface area contributed by atoms with Gasteiger partial charge < -0.3 is 14.2 Å². The summed E-state index contributed by atoms with van der Waals surface area (Å²) in [5, 5.41) is 0. The Bertz CT molecular complexity index is 831. The van der Waals surface area contributed by atoms with Crippen LogP contribution in [0, 0.1) is 5.82 Å². The molecule has 1 aliphatic rings. The molecule has 0 saturated carbocycles. The third-order valence-corrected chi connectivity index (χ3v) is 4.26. The Hall–Kier alpha value is -2.89. The minimum absolute atomic E-state index is 0.0429. The molecular formula is C20H19FO5. The van der Waals surface area contributed by atoms with Crippen molar-refractivity contribution in [1.29, 1.82) is 0 Å². The van der Waals surface area contributed by atoms with E-state index in [1.807, 2.05) is 18.2 Å². The summed E-state index contributed by atoms with van der Waals surface area (Å²) < 4.78 is 28.7. The normalized spacial score (nSPS) is 12.4. The molecule has 0 heterocycles. The van der Waals surface area contributed by atoms with Gasteiger partial charge in [0.1, 0.15) is 5.75 Å². The van der Waals surface area contributed by atoms with Gasteiger partial charge in [-0.05, 0) is 60.7 Å². The van der Waals surface area contributed by atoms with Gasteiger partial charge >= 0.3 is 5.97 Å². The molecule has 2 aromatic carbocycles. The molecule has 0 spiro atoms. The van der Waals surface area contributed by atoms with E-state index < -0.39 is 24.2 Å². The zero-order valence-corrected chi connectivity index (χ0v) is 14.4. The molecule has 0 aliphatic heterocycles. The Balaban J connectivity index is 1.48. The number of Topliss-reactive ketones (excluding diaryl/α,β-unsaturated/α-hetero) is 1. The quantitative estimate of drug-likeness (QED) is 0.562. The van der Waals surface area contributed by atoms with Crippen molar-refractivity contribution in [3.05, 3.63) is 58.9 Å². The van der Waals surface area contributed by atoms with Gasteiger partial charge in [0.25, 0.3) is 0 Å². The summed E-state index contributed by atoms with van der Waals surface area (Å²) in [7, 11) is 1.34. The molecule has 0 N–H and O–H groups in total. The molecule has 136 valence electrons. The number of hydrogen-bond donors (Lipinski definition) is 0. The number of aryl methyl sites for hydroxylation is 2. The molecule has 2 aromatic rings. The number of carbonyl (C=O) groups excluding carboxylic acids is 2. The van der Waals surface area contributed by atoms with Crippen molar-refractivity contribution < 1.29 is 28.2 Å². The van der Waals surface area contributed by atoms with Crippen molar-refractivity contribution in [2.75, 3.05) is 20.3 Å². The zero-order chi connectivity index (χ0) is 18.5. The molecule has 0 amide bonds. The number of rotatable bonds is 7. The second-order valence-corrected chi connectivity index (χ2v) is 6.01. The predicted molar refractivity (Wildman–Crippen MR) is 92.2 cm³/mol. The third kappa shape index (κ3) is 4.20. The molecular weight excluding hydrogens is 339 g/mol. The standard InChI is InChI=1S/C20H19FO5/c1-24-19-8-6-15(10-17(19)21)18(22)11-26-20(23)12-25-16-7-5-13-3-2-4-14(13)9-16/h5-10H,2-4,11-12H2,1H3. The second kappa shape index (κ2) is 7.99. The summed E-state index contributed by atoms with van der Waals surface area (Å²) in [5.74, 6) is -1.16. The average Bonchev–Trinajstić information content (AvgIpc) is 3.12. The highest BCUT2D eigenvalue weighted by Crippen LogP contribution is 2.26. The lowest BCUT2D eigenvalue weighted by molar-refractivity contribution is -0.144. The van der Waals surface area contributed by atoms with Crippen molar-refractivity contribution in [3.63, 3.8) is 0 Å². The van der Waals surface area contributed by atoms with E-state index in [-0.39, 0.29) is 17.9 Å². The molecule has 1 aliphatic carbocycles. The first-order valence-corrected chi connectivity index (χ1v) is 8.34. The highest BCUT2D eigenvalue weighted by atomic mass is 19.1. The number of ether oxygens (including phenoxy) is 3. The molecule has 0 aromatic heterocycles. The average molecular weight is 358 g/mol. The molecule has 0 radical (unpaired) electrons. The van der Waals surface area contributed by atoms with Gasteiger partial charge in [-0.1, -0.05) is 6.07 Å². The number of benzene rings is 2. The third-order valence-electron chi connectivity index (χ3n) is 4.26. The fourth-order valence-corrected chi connectivity index (χ4v) is 2.89. The first-order chi connectivity index (χ1) is 12.6. The lowest BCUT2D eigenvalue weighted by atomic mass is 10.1. The fourth-order valence-electron chi connectivity index (χ4n) is 2.89. The Labute approximate surface area is 150 Å². The van der Waals surface area contributed by atoms with Crippen LogP contribution in [0.3, 0.4) is 0 Å². The summed E-state index contributed by atoms with van der Waals surface area (Å²) in [6.45, 7) is -0.763. The molecule has 0 unspecified atom stereocenters. The van der Waals surface area contributed by atoms with Gasteiger partial charge in [0, 0.05) is 5.56 Å². The molecule has 0 fully saturated rings. The van der Waals surface area contributed by atoms with E-state index in [4.69, 9.17) is 14.2 Å². The SMILES string of the molecule is COc1ccc(C(=O)COC(=O)COc2ccc3c(c2)CCC3)cc1F. The molecule has 0 saturated heterocycles. The number of halogens is 1. The Morgan fingerprint density at radius 2 is 1.85 bits per heavy atom. The van der Waals surface area contributed by atoms with E-state index in [2.05, 4.69) is 0 Å². The summed E-state index contributed by atoms with van der Waals surface area (Å²) in [6.07, 6.45) is 3.23. The number of carbonyl (C=O) groups is 2. The smallest absolute Gasteiger partial charge is 0.344 e. The van der Waals surface area contributed by atoms with Crippen molar-refractivity contribution in [2.24, 2.45) is 0 Å². The van der Waals surface area contributed by atoms with Crippen molar-refractivity contribution in [2.45, 2.75) is 19.3 Å². The topological polar surface area (TPSA) is 61.8 Å². The number of methoxy groups -OCH3 is 1. The Morgan fingerprint density at radius 1 is 1.04 bits per heavy atom. The lowest BCUT2D eigenvalue weighted by Crippen LogP contribution is -2.19. The molecule has 0 bridgehead atoms. The summed E-state index contributed by atoms with van der Waals surface area (Å²) in [5.41, 5.74) is 2.67. The number of ketones is 1. The van der Waals surface area contributed by atoms with Crippen LogP contribution in [0.4, 0.5) is 4.39 Å². The Kier molecular flexibility index (Phi) is 5.51. The highest BCUT2D eigenvalue weighted by Gasteiger charge is 2.14. The van der Waals surface area contributed by atoms with Crippen LogP contribution < -0.4 is 9.47 Å². The van der Waals surface area contributed by atoms with E-state index in [9.17, 15) is 14.0 Å². The monoisotopic (exact) mass is 358 g/mol. The predicted octanol–water partition coefficient (Wildman–Crippen LogP) is 3.13. The zero-order valence-electron chi connectivity index (χ0n) is 14.4. The first-order valence-electron chi connectivity index (χ1n) is 8.34. The minimum atomic E-state index is -0.659. The first kappa shape index (κ1) is 17.9. The fraction of sp³-hybridized carbons (Fsp3) is 0.300. The molecule has 3 rings (SSSR count). The maximum absolute atomic E-state index is 13.6. The van der Waals surface area contributed by atoms with Crippen LogP contribution in [0.15, 0.2) is 36.4 Å². The van der Waals surface area contributed by atoms with Gasteiger partial charge in [-0.15, -0.1) is 0 Å². The maximum Gasteiger partial charge on any atom is 0.344 e. The summed E-state index contributed by atoms with van der Waals surface area (Å²) in [4.78, 5) is 23.7. The van der Waals surface area contributed by atoms with Gasteiger partial charge in [-0.2, -0.15) is 0 Å². The van der Waals surface area contributed by atoms with Gasteiger partial charge in [0.15, 0.2) is 30.6 Å². The van der Waals surface area contributed by atoms with Gasteiger partial charge in [0.2, 0.25) is 0 Å². The van der Waals surface area contributed by atoms with Crippen molar-refractivity contribution in [1.82, 2.24) is 0 Å². The summed E-state index contributed by atoms with van der Waals surface area (Å²) in [6, 6.07) is 9.57. The van der Waals surface area contributed by atoms with E-state index in [1.54, 1.807) is 0 Å². The molecule has 26 heavy (non-hydrogen) atoms. The second-order valence-electron chi connectivity index (χ2n) is 6.01. The van der Waals surface area contributed by atoms with Crippen LogP contribution >= 0.6 is 0 Å². The number of esters is 1. The van der Waals surface area contributed by atoms with Gasteiger partial charge in [0.05, 0.1) is 7.11 Å². The molecule has 0 atom stereocenters. The van der Waals surface area contributed by atoms with E-state index in [1.165, 1.54) is 30.4 Å². The van der Waals surface area contributed by atoms with Crippen LogP contribution in [-0.4, -0.2) is 32.1 Å². The van der Waals surface area contributed by atoms with Crippen LogP contribution in [0.5, 0.6) is 11.5 Å². The van der Waals surface area contributed by atoms with Gasteiger partial charge in [-0.25, -0.2) is 9.18 Å². The number of fused-ring (bicyclic) bond motifs is 1. The van der Waals surface area contributed by atoms with Crippen LogP contribution in [0.25, 0.3) is 0 Å². The van der Waals surface area contributed by atoms with E-state index in [0.717, 1.165) is 25.3 Å². The van der Waals surface area contributed by atoms with Crippen molar-refractivity contribution >= 4 is 11.8 Å².